The molecule has 3 fully saturated rings. The smallest absolute Gasteiger partial charge is 0.186 e. The number of hydrogen-bond acceptors (Lipinski definition) is 7. The Morgan fingerprint density at radius 3 is 2.58 bits per heavy atom. The highest BCUT2D eigenvalue weighted by atomic mass is 16.7. The van der Waals surface area contributed by atoms with Crippen LogP contribution in [0.25, 0.3) is 0 Å². The van der Waals surface area contributed by atoms with Gasteiger partial charge in [0.25, 0.3) is 0 Å². The fourth-order valence-electron chi connectivity index (χ4n) is 7.10. The highest BCUT2D eigenvalue weighted by molar-refractivity contribution is 5.86. The summed E-state index contributed by atoms with van der Waals surface area (Å²) in [6.07, 6.45) is 3.11. The van der Waals surface area contributed by atoms with E-state index < -0.39 is 42.7 Å². The summed E-state index contributed by atoms with van der Waals surface area (Å²) in [5.41, 5.74) is 0.848. The van der Waals surface area contributed by atoms with Crippen LogP contribution < -0.4 is 0 Å². The summed E-state index contributed by atoms with van der Waals surface area (Å²) in [7, 11) is 0. The molecule has 7 heteroatoms. The van der Waals surface area contributed by atoms with Crippen LogP contribution in [0.2, 0.25) is 0 Å². The summed E-state index contributed by atoms with van der Waals surface area (Å²) in [6.45, 7) is 10.1. The normalized spacial score (nSPS) is 50.2. The van der Waals surface area contributed by atoms with Crippen molar-refractivity contribution in [3.8, 4) is 0 Å². The zero-order valence-electron chi connectivity index (χ0n) is 20.1. The lowest BCUT2D eigenvalue weighted by Gasteiger charge is -2.59. The van der Waals surface area contributed by atoms with Crippen LogP contribution in [-0.4, -0.2) is 70.1 Å². The maximum Gasteiger partial charge on any atom is 0.186 e. The van der Waals surface area contributed by atoms with Crippen LogP contribution in [0.4, 0.5) is 0 Å². The van der Waals surface area contributed by atoms with E-state index in [0.717, 1.165) is 32.1 Å². The molecule has 0 spiro atoms. The number of hydrogen-bond donors (Lipinski definition) is 4. The molecule has 33 heavy (non-hydrogen) atoms. The fraction of sp³-hybridized carbons (Fsp3) is 0.808. The summed E-state index contributed by atoms with van der Waals surface area (Å²) in [5.74, 6) is 0.681. The molecule has 1 saturated heterocycles. The summed E-state index contributed by atoms with van der Waals surface area (Å²) in [4.78, 5) is 13.3. The first-order chi connectivity index (χ1) is 15.5. The van der Waals surface area contributed by atoms with Crippen molar-refractivity contribution < 1.29 is 34.7 Å². The number of allylic oxidation sites excluding steroid dienone is 3. The molecule has 1 aliphatic heterocycles. The summed E-state index contributed by atoms with van der Waals surface area (Å²) in [6, 6.07) is 0. The largest absolute Gasteiger partial charge is 0.394 e. The molecule has 3 aliphatic carbocycles. The molecule has 2 saturated carbocycles. The molecular weight excluding hydrogens is 424 g/mol. The number of Topliss-reactive ketones (excluding diaryl/α,β-unsaturated/α-hetero) is 1. The number of ketones is 1. The average molecular weight is 465 g/mol. The van der Waals surface area contributed by atoms with Crippen molar-refractivity contribution in [3.63, 3.8) is 0 Å². The predicted octanol–water partition coefficient (Wildman–Crippen LogP) is 2.12. The first kappa shape index (κ1) is 25.0. The standard InChI is InChI=1S/C26H40O7/c1-5-24(2)10-8-16-15(12-24)6-7-18-25(16,3)11-9-19(28)26(18,4)14-32-23-22(31)21(30)20(29)17(13-27)33-23/h5-6,16-18,20-23,27,29-31H,1,7-14H2,2-4H3/t16-,17+,18+,20+,21-,22+,23+,24-,25+,26+/m0/s1. The maximum absolute atomic E-state index is 13.3. The van der Waals surface area contributed by atoms with Crippen LogP contribution in [0.3, 0.4) is 0 Å². The van der Waals surface area contributed by atoms with Gasteiger partial charge in [0.05, 0.1) is 18.6 Å². The van der Waals surface area contributed by atoms with Crippen molar-refractivity contribution in [2.75, 3.05) is 13.2 Å². The molecule has 0 unspecified atom stereocenters. The summed E-state index contributed by atoms with van der Waals surface area (Å²) < 4.78 is 11.4. The number of ether oxygens (including phenoxy) is 2. The Labute approximate surface area is 196 Å². The third-order valence-corrected chi connectivity index (χ3v) is 9.45. The van der Waals surface area contributed by atoms with Crippen LogP contribution in [0.5, 0.6) is 0 Å². The molecule has 10 atom stereocenters. The number of carbonyl (C=O) groups excluding carboxylic acids is 1. The molecule has 0 aromatic rings. The van der Waals surface area contributed by atoms with Gasteiger partial charge in [-0.15, -0.1) is 6.58 Å². The highest BCUT2D eigenvalue weighted by Gasteiger charge is 2.59. The Balaban J connectivity index is 1.55. The summed E-state index contributed by atoms with van der Waals surface area (Å²) in [5, 5.41) is 39.9. The topological polar surface area (TPSA) is 116 Å². The van der Waals surface area contributed by atoms with Gasteiger partial charge in [0.1, 0.15) is 30.2 Å². The minimum absolute atomic E-state index is 0.0199. The van der Waals surface area contributed by atoms with E-state index in [9.17, 15) is 25.2 Å². The minimum Gasteiger partial charge on any atom is -0.394 e. The Bertz CT molecular complexity index is 808. The van der Waals surface area contributed by atoms with Gasteiger partial charge in [0.15, 0.2) is 6.29 Å². The SMILES string of the molecule is C=C[C@@]1(C)CC[C@H]2C(=CC[C@@H]3[C@]2(C)CCC(=O)[C@]3(C)CO[C@@H]2O[C@H](CO)[C@@H](O)[C@H](O)[C@H]2O)C1. The van der Waals surface area contributed by atoms with E-state index in [4.69, 9.17) is 9.47 Å². The number of carbonyl (C=O) groups is 1. The van der Waals surface area contributed by atoms with Crippen LogP contribution in [0.15, 0.2) is 24.3 Å². The van der Waals surface area contributed by atoms with E-state index in [-0.39, 0.29) is 29.1 Å². The molecule has 0 aromatic carbocycles. The zero-order valence-corrected chi connectivity index (χ0v) is 20.1. The molecule has 0 radical (unpaired) electrons. The van der Waals surface area contributed by atoms with Gasteiger partial charge in [0.2, 0.25) is 0 Å². The van der Waals surface area contributed by atoms with Gasteiger partial charge in [-0.2, -0.15) is 0 Å². The van der Waals surface area contributed by atoms with Gasteiger partial charge in [-0.25, -0.2) is 0 Å². The van der Waals surface area contributed by atoms with Crippen molar-refractivity contribution in [1.29, 1.82) is 0 Å². The lowest BCUT2D eigenvalue weighted by molar-refractivity contribution is -0.307. The van der Waals surface area contributed by atoms with Gasteiger partial charge < -0.3 is 29.9 Å². The van der Waals surface area contributed by atoms with Gasteiger partial charge in [-0.3, -0.25) is 4.79 Å². The minimum atomic E-state index is -1.50. The molecule has 7 nitrogen and oxygen atoms in total. The molecule has 0 aromatic heterocycles. The molecular formula is C26H40O7. The Morgan fingerprint density at radius 1 is 1.18 bits per heavy atom. The molecule has 4 aliphatic rings. The molecule has 4 N–H and O–H groups in total. The lowest BCUT2D eigenvalue weighted by Crippen LogP contribution is -2.61. The number of rotatable bonds is 5. The molecule has 186 valence electrons. The van der Waals surface area contributed by atoms with Crippen LogP contribution in [0.1, 0.15) is 59.3 Å². The first-order valence-electron chi connectivity index (χ1n) is 12.3. The van der Waals surface area contributed by atoms with Crippen LogP contribution in [-0.2, 0) is 14.3 Å². The quantitative estimate of drug-likeness (QED) is 0.461. The lowest BCUT2D eigenvalue weighted by atomic mass is 9.45. The zero-order chi connectivity index (χ0) is 24.2. The number of aliphatic hydroxyl groups is 4. The summed E-state index contributed by atoms with van der Waals surface area (Å²) >= 11 is 0. The Morgan fingerprint density at radius 2 is 1.91 bits per heavy atom. The molecule has 1 heterocycles. The molecule has 0 amide bonds. The predicted molar refractivity (Wildman–Crippen MR) is 122 cm³/mol. The van der Waals surface area contributed by atoms with Crippen molar-refractivity contribution in [2.45, 2.75) is 90.0 Å². The molecule has 0 bridgehead atoms. The van der Waals surface area contributed by atoms with Gasteiger partial charge in [0, 0.05) is 6.42 Å². The second-order valence-electron chi connectivity index (χ2n) is 11.5. The first-order valence-corrected chi connectivity index (χ1v) is 12.3. The number of fused-ring (bicyclic) bond motifs is 3. The van der Waals surface area contributed by atoms with E-state index in [2.05, 4.69) is 32.6 Å². The van der Waals surface area contributed by atoms with Gasteiger partial charge in [-0.05, 0) is 54.8 Å². The van der Waals surface area contributed by atoms with E-state index >= 15 is 0 Å². The van der Waals surface area contributed by atoms with Crippen molar-refractivity contribution in [2.24, 2.45) is 28.1 Å². The van der Waals surface area contributed by atoms with Crippen molar-refractivity contribution in [1.82, 2.24) is 0 Å². The van der Waals surface area contributed by atoms with Crippen molar-refractivity contribution >= 4 is 5.78 Å². The van der Waals surface area contributed by atoms with E-state index in [1.807, 2.05) is 6.92 Å². The third kappa shape index (κ3) is 4.05. The van der Waals surface area contributed by atoms with Crippen LogP contribution >= 0.6 is 0 Å². The van der Waals surface area contributed by atoms with Crippen molar-refractivity contribution in [3.05, 3.63) is 24.3 Å². The fourth-order valence-corrected chi connectivity index (χ4v) is 7.10. The third-order valence-electron chi connectivity index (χ3n) is 9.45. The van der Waals surface area contributed by atoms with E-state index in [1.54, 1.807) is 0 Å². The second kappa shape index (κ2) is 8.85. The van der Waals surface area contributed by atoms with E-state index in [0.29, 0.717) is 12.3 Å². The monoisotopic (exact) mass is 464 g/mol. The maximum atomic E-state index is 13.3. The highest BCUT2D eigenvalue weighted by Crippen LogP contribution is 2.63. The Hall–Kier alpha value is -1.09. The van der Waals surface area contributed by atoms with Crippen LogP contribution in [0, 0.1) is 28.1 Å². The van der Waals surface area contributed by atoms with Gasteiger partial charge >= 0.3 is 0 Å². The van der Waals surface area contributed by atoms with Gasteiger partial charge in [-0.1, -0.05) is 38.5 Å². The second-order valence-corrected chi connectivity index (χ2v) is 11.5. The Kier molecular flexibility index (Phi) is 6.71. The average Bonchev–Trinajstić information content (AvgIpc) is 2.80. The van der Waals surface area contributed by atoms with E-state index in [1.165, 1.54) is 5.57 Å². The molecule has 4 rings (SSSR count). The number of aliphatic hydroxyl groups excluding tert-OH is 4.